The molecule has 0 aromatic heterocycles. The number of likely N-dealkylation sites (tertiary alicyclic amines) is 1. The molecular weight excluding hydrogens is 180 g/mol. The molecule has 0 radical (unpaired) electrons. The second-order valence-corrected chi connectivity index (χ2v) is 3.17. The van der Waals surface area contributed by atoms with Gasteiger partial charge in [0.05, 0.1) is 0 Å². The molecule has 0 spiro atoms. The Morgan fingerprint density at radius 1 is 1.36 bits per heavy atom. The zero-order chi connectivity index (χ0) is 11.1. The zero-order valence-electron chi connectivity index (χ0n) is 9.46. The molecule has 0 saturated carbocycles. The molecule has 1 N–H and O–H groups in total. The maximum Gasteiger partial charge on any atom is 0.220 e. The van der Waals surface area contributed by atoms with Crippen LogP contribution in [0.3, 0.4) is 0 Å². The largest absolute Gasteiger partial charge is 0.359 e. The van der Waals surface area contributed by atoms with Crippen molar-refractivity contribution in [3.05, 3.63) is 0 Å². The van der Waals surface area contributed by atoms with E-state index in [-0.39, 0.29) is 11.8 Å². The SMILES string of the molecule is CC.CNC(=O)CC1CN(C(C)=O)C1. The van der Waals surface area contributed by atoms with Crippen LogP contribution in [-0.2, 0) is 9.59 Å². The minimum absolute atomic E-state index is 0.0585. The summed E-state index contributed by atoms with van der Waals surface area (Å²) in [6.07, 6.45) is 0.542. The van der Waals surface area contributed by atoms with Crippen LogP contribution < -0.4 is 5.32 Å². The summed E-state index contributed by atoms with van der Waals surface area (Å²) in [5.74, 6) is 0.528. The summed E-state index contributed by atoms with van der Waals surface area (Å²) < 4.78 is 0. The van der Waals surface area contributed by atoms with Crippen molar-refractivity contribution in [3.63, 3.8) is 0 Å². The standard InChI is InChI=1S/C8H14N2O2.C2H6/c1-6(11)10-4-7(5-10)3-8(12)9-2;1-2/h7H,3-5H2,1-2H3,(H,9,12);1-2H3. The fraction of sp³-hybridized carbons (Fsp3) is 0.800. The molecule has 1 fully saturated rings. The van der Waals surface area contributed by atoms with E-state index in [1.165, 1.54) is 0 Å². The van der Waals surface area contributed by atoms with Crippen molar-refractivity contribution >= 4 is 11.8 Å². The van der Waals surface area contributed by atoms with E-state index in [1.807, 2.05) is 13.8 Å². The number of nitrogens with zero attached hydrogens (tertiary/aromatic N) is 1. The Hall–Kier alpha value is -1.06. The van der Waals surface area contributed by atoms with Gasteiger partial charge in [-0.2, -0.15) is 0 Å². The Bertz CT molecular complexity index is 198. The van der Waals surface area contributed by atoms with E-state index in [4.69, 9.17) is 0 Å². The maximum absolute atomic E-state index is 10.9. The highest BCUT2D eigenvalue weighted by Crippen LogP contribution is 2.18. The van der Waals surface area contributed by atoms with Crippen LogP contribution in [-0.4, -0.2) is 36.9 Å². The molecule has 4 heteroatoms. The van der Waals surface area contributed by atoms with Gasteiger partial charge in [-0.3, -0.25) is 9.59 Å². The third-order valence-corrected chi connectivity index (χ3v) is 2.16. The monoisotopic (exact) mass is 200 g/mol. The van der Waals surface area contributed by atoms with Gasteiger partial charge in [-0.15, -0.1) is 0 Å². The van der Waals surface area contributed by atoms with Gasteiger partial charge < -0.3 is 10.2 Å². The van der Waals surface area contributed by atoms with Crippen molar-refractivity contribution < 1.29 is 9.59 Å². The molecule has 0 aliphatic carbocycles. The quantitative estimate of drug-likeness (QED) is 0.710. The fourth-order valence-electron chi connectivity index (χ4n) is 1.32. The lowest BCUT2D eigenvalue weighted by molar-refractivity contribution is -0.137. The molecule has 1 aliphatic rings. The highest BCUT2D eigenvalue weighted by molar-refractivity contribution is 5.77. The van der Waals surface area contributed by atoms with Gasteiger partial charge in [-0.1, -0.05) is 13.8 Å². The summed E-state index contributed by atoms with van der Waals surface area (Å²) >= 11 is 0. The summed E-state index contributed by atoms with van der Waals surface area (Å²) in [6, 6.07) is 0. The molecule has 2 amide bonds. The van der Waals surface area contributed by atoms with E-state index in [9.17, 15) is 9.59 Å². The van der Waals surface area contributed by atoms with Crippen LogP contribution in [0.1, 0.15) is 27.2 Å². The normalized spacial score (nSPS) is 15.0. The molecule has 14 heavy (non-hydrogen) atoms. The Morgan fingerprint density at radius 2 is 1.86 bits per heavy atom. The van der Waals surface area contributed by atoms with Crippen molar-refractivity contribution in [1.82, 2.24) is 10.2 Å². The van der Waals surface area contributed by atoms with E-state index in [1.54, 1.807) is 18.9 Å². The predicted octanol–water partition coefficient (Wildman–Crippen LogP) is 0.627. The van der Waals surface area contributed by atoms with E-state index >= 15 is 0 Å². The van der Waals surface area contributed by atoms with Gasteiger partial charge in [0.2, 0.25) is 11.8 Å². The minimum Gasteiger partial charge on any atom is -0.359 e. The van der Waals surface area contributed by atoms with Gasteiger partial charge in [0.25, 0.3) is 0 Å². The summed E-state index contributed by atoms with van der Waals surface area (Å²) in [5.41, 5.74) is 0. The van der Waals surface area contributed by atoms with Gasteiger partial charge in [0.1, 0.15) is 0 Å². The first kappa shape index (κ1) is 12.9. The number of hydrogen-bond donors (Lipinski definition) is 1. The van der Waals surface area contributed by atoms with E-state index in [0.29, 0.717) is 12.3 Å². The fourth-order valence-corrected chi connectivity index (χ4v) is 1.32. The van der Waals surface area contributed by atoms with Gasteiger partial charge in [-0.05, 0) is 0 Å². The van der Waals surface area contributed by atoms with Crippen LogP contribution in [0.2, 0.25) is 0 Å². The molecule has 82 valence electrons. The third kappa shape index (κ3) is 3.77. The maximum atomic E-state index is 10.9. The van der Waals surface area contributed by atoms with Crippen molar-refractivity contribution in [2.75, 3.05) is 20.1 Å². The molecule has 0 aromatic rings. The van der Waals surface area contributed by atoms with Crippen molar-refractivity contribution in [3.8, 4) is 0 Å². The second-order valence-electron chi connectivity index (χ2n) is 3.17. The van der Waals surface area contributed by atoms with Crippen LogP contribution in [0.25, 0.3) is 0 Å². The second kappa shape index (κ2) is 6.40. The van der Waals surface area contributed by atoms with Gasteiger partial charge in [0.15, 0.2) is 0 Å². The molecule has 1 heterocycles. The summed E-state index contributed by atoms with van der Waals surface area (Å²) in [4.78, 5) is 23.4. The number of amides is 2. The van der Waals surface area contributed by atoms with Crippen LogP contribution in [0.4, 0.5) is 0 Å². The molecule has 0 atom stereocenters. The summed E-state index contributed by atoms with van der Waals surface area (Å²) in [7, 11) is 1.63. The topological polar surface area (TPSA) is 49.4 Å². The lowest BCUT2D eigenvalue weighted by Gasteiger charge is -2.38. The summed E-state index contributed by atoms with van der Waals surface area (Å²) in [5, 5.41) is 2.57. The lowest BCUT2D eigenvalue weighted by Crippen LogP contribution is -2.50. The Balaban J connectivity index is 0.000000791. The zero-order valence-corrected chi connectivity index (χ0v) is 9.46. The first-order chi connectivity index (χ1) is 6.63. The van der Waals surface area contributed by atoms with Crippen LogP contribution >= 0.6 is 0 Å². The van der Waals surface area contributed by atoms with Gasteiger partial charge in [0, 0.05) is 39.4 Å². The first-order valence-electron chi connectivity index (χ1n) is 5.09. The van der Waals surface area contributed by atoms with E-state index in [2.05, 4.69) is 5.32 Å². The summed E-state index contributed by atoms with van der Waals surface area (Å²) in [6.45, 7) is 7.03. The number of carbonyl (C=O) groups is 2. The Morgan fingerprint density at radius 3 is 2.21 bits per heavy atom. The van der Waals surface area contributed by atoms with Gasteiger partial charge >= 0.3 is 0 Å². The van der Waals surface area contributed by atoms with Crippen LogP contribution in [0, 0.1) is 5.92 Å². The van der Waals surface area contributed by atoms with Crippen molar-refractivity contribution in [2.24, 2.45) is 5.92 Å². The molecule has 1 saturated heterocycles. The number of carbonyl (C=O) groups excluding carboxylic acids is 2. The lowest BCUT2D eigenvalue weighted by atomic mass is 9.96. The number of rotatable bonds is 2. The molecule has 0 unspecified atom stereocenters. The highest BCUT2D eigenvalue weighted by atomic mass is 16.2. The number of nitrogens with one attached hydrogen (secondary N) is 1. The predicted molar refractivity (Wildman–Crippen MR) is 55.8 cm³/mol. The van der Waals surface area contributed by atoms with Crippen molar-refractivity contribution in [1.29, 1.82) is 0 Å². The molecular formula is C10H20N2O2. The highest BCUT2D eigenvalue weighted by Gasteiger charge is 2.29. The van der Waals surface area contributed by atoms with Crippen LogP contribution in [0.5, 0.6) is 0 Å². The Labute approximate surface area is 85.7 Å². The molecule has 1 aliphatic heterocycles. The average molecular weight is 200 g/mol. The molecule has 1 rings (SSSR count). The first-order valence-corrected chi connectivity index (χ1v) is 5.09. The van der Waals surface area contributed by atoms with E-state index < -0.39 is 0 Å². The smallest absolute Gasteiger partial charge is 0.220 e. The van der Waals surface area contributed by atoms with Crippen LogP contribution in [0.15, 0.2) is 0 Å². The Kier molecular flexibility index (Phi) is 5.92. The average Bonchev–Trinajstić information content (AvgIpc) is 2.12. The van der Waals surface area contributed by atoms with Gasteiger partial charge in [-0.25, -0.2) is 0 Å². The number of hydrogen-bond acceptors (Lipinski definition) is 2. The van der Waals surface area contributed by atoms with E-state index in [0.717, 1.165) is 13.1 Å². The minimum atomic E-state index is 0.0585. The molecule has 0 aromatic carbocycles. The van der Waals surface area contributed by atoms with Crippen molar-refractivity contribution in [2.45, 2.75) is 27.2 Å². The molecule has 4 nitrogen and oxygen atoms in total. The third-order valence-electron chi connectivity index (χ3n) is 2.16. The molecule has 0 bridgehead atoms.